The van der Waals surface area contributed by atoms with E-state index in [1.807, 2.05) is 12.2 Å². The molecular weight excluding hydrogens is 336 g/mol. The molecule has 3 aliphatic rings. The third-order valence-electron chi connectivity index (χ3n) is 5.04. The van der Waals surface area contributed by atoms with Gasteiger partial charge in [-0.15, -0.1) is 0 Å². The van der Waals surface area contributed by atoms with Crippen LogP contribution in [-0.4, -0.2) is 36.0 Å². The molecule has 26 heavy (non-hydrogen) atoms. The van der Waals surface area contributed by atoms with Crippen LogP contribution in [0.4, 0.5) is 5.69 Å². The summed E-state index contributed by atoms with van der Waals surface area (Å²) in [5.74, 6) is 0.477. The molecule has 2 heterocycles. The summed E-state index contributed by atoms with van der Waals surface area (Å²) in [4.78, 5) is 38.2. The second-order valence-electron chi connectivity index (χ2n) is 6.70. The number of nitrogens with one attached hydrogen (secondary N) is 1. The molecule has 2 atom stereocenters. The smallest absolute Gasteiger partial charge is 0.233 e. The maximum absolute atomic E-state index is 12.4. The number of benzene rings is 1. The van der Waals surface area contributed by atoms with Crippen molar-refractivity contribution in [1.82, 2.24) is 4.90 Å². The van der Waals surface area contributed by atoms with Gasteiger partial charge in [-0.1, -0.05) is 12.2 Å². The van der Waals surface area contributed by atoms with E-state index >= 15 is 0 Å². The summed E-state index contributed by atoms with van der Waals surface area (Å²) in [5.41, 5.74) is 0.629. The molecular formula is C19H20N2O5. The molecule has 0 bridgehead atoms. The van der Waals surface area contributed by atoms with Crippen molar-refractivity contribution in [3.05, 3.63) is 30.4 Å². The number of imide groups is 1. The van der Waals surface area contributed by atoms with E-state index < -0.39 is 0 Å². The molecule has 136 valence electrons. The molecule has 1 aromatic carbocycles. The molecule has 2 aliphatic heterocycles. The van der Waals surface area contributed by atoms with E-state index in [0.717, 1.165) is 0 Å². The summed E-state index contributed by atoms with van der Waals surface area (Å²) in [6, 6.07) is 5.21. The molecule has 1 fully saturated rings. The standard InChI is InChI=1S/C19H20N2O5/c22-17(20-12-7-8-15-16(10-12)26-11-25-15)6-3-9-21-18(23)13-4-1-2-5-14(13)19(21)24/h1-2,7-8,10,13-14H,3-6,9,11H2,(H,20,22)/t13-,14-/m1/s1. The first-order valence-corrected chi connectivity index (χ1v) is 8.83. The van der Waals surface area contributed by atoms with Crippen LogP contribution in [0.5, 0.6) is 11.5 Å². The minimum Gasteiger partial charge on any atom is -0.454 e. The Bertz CT molecular complexity index is 762. The van der Waals surface area contributed by atoms with Gasteiger partial charge in [0.1, 0.15) is 0 Å². The van der Waals surface area contributed by atoms with Crippen LogP contribution in [0.1, 0.15) is 25.7 Å². The summed E-state index contributed by atoms with van der Waals surface area (Å²) in [7, 11) is 0. The Kier molecular flexibility index (Phi) is 4.36. The second kappa shape index (κ2) is 6.82. The van der Waals surface area contributed by atoms with Crippen molar-refractivity contribution in [3.63, 3.8) is 0 Å². The Morgan fingerprint density at radius 2 is 1.77 bits per heavy atom. The summed E-state index contributed by atoms with van der Waals surface area (Å²) in [6.07, 6.45) is 5.88. The van der Waals surface area contributed by atoms with Gasteiger partial charge in [0.25, 0.3) is 0 Å². The number of ether oxygens (including phenoxy) is 2. The van der Waals surface area contributed by atoms with E-state index in [1.165, 1.54) is 4.90 Å². The molecule has 4 rings (SSSR count). The van der Waals surface area contributed by atoms with Gasteiger partial charge in [0.15, 0.2) is 11.5 Å². The maximum atomic E-state index is 12.4. The highest BCUT2D eigenvalue weighted by molar-refractivity contribution is 6.05. The third kappa shape index (κ3) is 3.05. The van der Waals surface area contributed by atoms with E-state index in [9.17, 15) is 14.4 Å². The minimum atomic E-state index is -0.213. The van der Waals surface area contributed by atoms with E-state index in [2.05, 4.69) is 5.32 Å². The largest absolute Gasteiger partial charge is 0.454 e. The van der Waals surface area contributed by atoms with Crippen LogP contribution in [0, 0.1) is 11.8 Å². The first kappa shape index (κ1) is 16.6. The minimum absolute atomic E-state index is 0.0967. The van der Waals surface area contributed by atoms with Crippen LogP contribution in [-0.2, 0) is 14.4 Å². The molecule has 7 nitrogen and oxygen atoms in total. The van der Waals surface area contributed by atoms with Crippen molar-refractivity contribution in [2.45, 2.75) is 25.7 Å². The maximum Gasteiger partial charge on any atom is 0.233 e. The average Bonchev–Trinajstić information content (AvgIpc) is 3.20. The zero-order chi connectivity index (χ0) is 18.1. The van der Waals surface area contributed by atoms with Gasteiger partial charge in [0, 0.05) is 24.7 Å². The fraction of sp³-hybridized carbons (Fsp3) is 0.421. The lowest BCUT2D eigenvalue weighted by Gasteiger charge is -2.14. The highest BCUT2D eigenvalue weighted by atomic mass is 16.7. The van der Waals surface area contributed by atoms with E-state index in [0.29, 0.717) is 43.0 Å². The number of carbonyl (C=O) groups excluding carboxylic acids is 3. The lowest BCUT2D eigenvalue weighted by molar-refractivity contribution is -0.140. The Morgan fingerprint density at radius 3 is 2.50 bits per heavy atom. The molecule has 0 saturated carbocycles. The molecule has 1 saturated heterocycles. The Labute approximate surface area is 150 Å². The van der Waals surface area contributed by atoms with Crippen LogP contribution >= 0.6 is 0 Å². The van der Waals surface area contributed by atoms with Crippen molar-refractivity contribution < 1.29 is 23.9 Å². The van der Waals surface area contributed by atoms with Crippen molar-refractivity contribution >= 4 is 23.4 Å². The molecule has 0 unspecified atom stereocenters. The van der Waals surface area contributed by atoms with Gasteiger partial charge < -0.3 is 14.8 Å². The third-order valence-corrected chi connectivity index (χ3v) is 5.04. The summed E-state index contributed by atoms with van der Waals surface area (Å²) >= 11 is 0. The molecule has 0 aromatic heterocycles. The lowest BCUT2D eigenvalue weighted by atomic mass is 9.85. The first-order chi connectivity index (χ1) is 12.6. The van der Waals surface area contributed by atoms with Gasteiger partial charge in [0.2, 0.25) is 24.5 Å². The number of nitrogens with zero attached hydrogens (tertiary/aromatic N) is 1. The fourth-order valence-electron chi connectivity index (χ4n) is 3.68. The normalized spacial score (nSPS) is 23.3. The number of rotatable bonds is 5. The molecule has 7 heteroatoms. The predicted molar refractivity (Wildman–Crippen MR) is 92.5 cm³/mol. The zero-order valence-electron chi connectivity index (χ0n) is 14.3. The fourth-order valence-corrected chi connectivity index (χ4v) is 3.68. The average molecular weight is 356 g/mol. The number of anilines is 1. The van der Waals surface area contributed by atoms with Gasteiger partial charge >= 0.3 is 0 Å². The van der Waals surface area contributed by atoms with E-state index in [1.54, 1.807) is 18.2 Å². The topological polar surface area (TPSA) is 84.9 Å². The van der Waals surface area contributed by atoms with Crippen LogP contribution < -0.4 is 14.8 Å². The van der Waals surface area contributed by atoms with Crippen LogP contribution in [0.3, 0.4) is 0 Å². The Balaban J connectivity index is 1.27. The van der Waals surface area contributed by atoms with Crippen molar-refractivity contribution in [1.29, 1.82) is 0 Å². The summed E-state index contributed by atoms with van der Waals surface area (Å²) in [5, 5.41) is 2.80. The summed E-state index contributed by atoms with van der Waals surface area (Å²) in [6.45, 7) is 0.474. The zero-order valence-corrected chi connectivity index (χ0v) is 14.3. The predicted octanol–water partition coefficient (Wildman–Crippen LogP) is 2.09. The number of likely N-dealkylation sites (tertiary alicyclic amines) is 1. The Hall–Kier alpha value is -2.83. The molecule has 1 aromatic rings. The molecule has 0 spiro atoms. The SMILES string of the molecule is O=C(CCCN1C(=O)[C@@H]2CC=CC[C@H]2C1=O)Nc1ccc2c(c1)OCO2. The van der Waals surface area contributed by atoms with Gasteiger partial charge in [-0.25, -0.2) is 0 Å². The number of amides is 3. The number of hydrogen-bond acceptors (Lipinski definition) is 5. The van der Waals surface area contributed by atoms with Crippen molar-refractivity contribution in [2.24, 2.45) is 11.8 Å². The highest BCUT2D eigenvalue weighted by Gasteiger charge is 2.46. The van der Waals surface area contributed by atoms with E-state index in [4.69, 9.17) is 9.47 Å². The lowest BCUT2D eigenvalue weighted by Crippen LogP contribution is -2.32. The molecule has 3 amide bonds. The highest BCUT2D eigenvalue weighted by Crippen LogP contribution is 2.35. The number of allylic oxidation sites excluding steroid dienone is 2. The van der Waals surface area contributed by atoms with Crippen LogP contribution in [0.2, 0.25) is 0 Å². The summed E-state index contributed by atoms with van der Waals surface area (Å²) < 4.78 is 10.5. The van der Waals surface area contributed by atoms with Crippen molar-refractivity contribution in [3.8, 4) is 11.5 Å². The van der Waals surface area contributed by atoms with Gasteiger partial charge in [0.05, 0.1) is 11.8 Å². The molecule has 1 aliphatic carbocycles. The second-order valence-corrected chi connectivity index (χ2v) is 6.70. The van der Waals surface area contributed by atoms with Gasteiger partial charge in [-0.3, -0.25) is 19.3 Å². The number of fused-ring (bicyclic) bond motifs is 2. The van der Waals surface area contributed by atoms with Crippen LogP contribution in [0.15, 0.2) is 30.4 Å². The van der Waals surface area contributed by atoms with Crippen LogP contribution in [0.25, 0.3) is 0 Å². The molecule has 1 N–H and O–H groups in total. The quantitative estimate of drug-likeness (QED) is 0.645. The van der Waals surface area contributed by atoms with E-state index in [-0.39, 0.29) is 42.8 Å². The monoisotopic (exact) mass is 356 g/mol. The van der Waals surface area contributed by atoms with Gasteiger partial charge in [-0.2, -0.15) is 0 Å². The first-order valence-electron chi connectivity index (χ1n) is 8.83. The molecule has 0 radical (unpaired) electrons. The number of carbonyl (C=O) groups is 3. The van der Waals surface area contributed by atoms with Crippen molar-refractivity contribution in [2.75, 3.05) is 18.7 Å². The number of hydrogen-bond donors (Lipinski definition) is 1. The Morgan fingerprint density at radius 1 is 1.08 bits per heavy atom. The van der Waals surface area contributed by atoms with Gasteiger partial charge in [-0.05, 0) is 31.4 Å².